The van der Waals surface area contributed by atoms with Crippen molar-refractivity contribution < 1.29 is 5.11 Å². The first-order valence-electron chi connectivity index (χ1n) is 3.90. The smallest absolute Gasteiger partial charge is 0.111 e. The second-order valence-electron chi connectivity index (χ2n) is 2.78. The minimum atomic E-state index is 0.435. The van der Waals surface area contributed by atoms with Gasteiger partial charge in [0.05, 0.1) is 0 Å². The summed E-state index contributed by atoms with van der Waals surface area (Å²) in [5.74, 6) is 1.01. The van der Waals surface area contributed by atoms with Gasteiger partial charge < -0.3 is 5.11 Å². The van der Waals surface area contributed by atoms with Crippen molar-refractivity contribution in [3.8, 4) is 0 Å². The molecule has 0 amide bonds. The third-order valence-electron chi connectivity index (χ3n) is 1.79. The summed E-state index contributed by atoms with van der Waals surface area (Å²) in [6.07, 6.45) is 9.24. The van der Waals surface area contributed by atoms with Crippen LogP contribution in [0.25, 0.3) is 0 Å². The van der Waals surface area contributed by atoms with E-state index in [2.05, 4.69) is 6.92 Å². The molecule has 0 saturated carbocycles. The lowest BCUT2D eigenvalue weighted by atomic mass is 9.95. The van der Waals surface area contributed by atoms with Crippen LogP contribution in [0.1, 0.15) is 26.2 Å². The van der Waals surface area contributed by atoms with E-state index in [0.29, 0.717) is 11.7 Å². The van der Waals surface area contributed by atoms with E-state index in [0.717, 1.165) is 6.42 Å². The van der Waals surface area contributed by atoms with Crippen LogP contribution < -0.4 is 0 Å². The Morgan fingerprint density at radius 1 is 1.70 bits per heavy atom. The fraction of sp³-hybridized carbons (Fsp3) is 0.556. The van der Waals surface area contributed by atoms with Gasteiger partial charge in [-0.3, -0.25) is 0 Å². The lowest BCUT2D eigenvalue weighted by Gasteiger charge is -2.11. The predicted molar refractivity (Wildman–Crippen MR) is 42.9 cm³/mol. The van der Waals surface area contributed by atoms with E-state index in [-0.39, 0.29) is 0 Å². The zero-order chi connectivity index (χ0) is 7.40. The maximum Gasteiger partial charge on any atom is 0.111 e. The molecule has 1 unspecified atom stereocenters. The quantitative estimate of drug-likeness (QED) is 0.622. The zero-order valence-corrected chi connectivity index (χ0v) is 6.38. The van der Waals surface area contributed by atoms with Crippen LogP contribution in [0.4, 0.5) is 0 Å². The molecule has 0 aromatic heterocycles. The second kappa shape index (κ2) is 3.45. The maximum atomic E-state index is 9.08. The van der Waals surface area contributed by atoms with Crippen molar-refractivity contribution in [2.45, 2.75) is 26.2 Å². The first-order valence-corrected chi connectivity index (χ1v) is 3.90. The van der Waals surface area contributed by atoms with Crippen molar-refractivity contribution in [1.29, 1.82) is 0 Å². The highest BCUT2D eigenvalue weighted by Crippen LogP contribution is 2.19. The monoisotopic (exact) mass is 138 g/mol. The van der Waals surface area contributed by atoms with Gasteiger partial charge in [-0.15, -0.1) is 0 Å². The Morgan fingerprint density at radius 2 is 2.50 bits per heavy atom. The van der Waals surface area contributed by atoms with Crippen LogP contribution in [0.3, 0.4) is 0 Å². The minimum Gasteiger partial charge on any atom is -0.508 e. The number of hydrogen-bond donors (Lipinski definition) is 1. The molecule has 0 aromatic rings. The summed E-state index contributed by atoms with van der Waals surface area (Å²) in [4.78, 5) is 0. The van der Waals surface area contributed by atoms with E-state index < -0.39 is 0 Å². The van der Waals surface area contributed by atoms with E-state index in [9.17, 15) is 0 Å². The maximum absolute atomic E-state index is 9.08. The Labute approximate surface area is 62.1 Å². The fourth-order valence-corrected chi connectivity index (χ4v) is 1.30. The molecule has 0 aromatic carbocycles. The molecule has 0 heterocycles. The minimum absolute atomic E-state index is 0.435. The number of aliphatic hydroxyl groups excluding tert-OH is 1. The summed E-state index contributed by atoms with van der Waals surface area (Å²) >= 11 is 0. The van der Waals surface area contributed by atoms with Crippen LogP contribution in [0.2, 0.25) is 0 Å². The van der Waals surface area contributed by atoms with E-state index in [1.165, 1.54) is 12.8 Å². The summed E-state index contributed by atoms with van der Waals surface area (Å²) in [6.45, 7) is 2.17. The highest BCUT2D eigenvalue weighted by atomic mass is 16.3. The Balaban J connectivity index is 2.43. The van der Waals surface area contributed by atoms with Gasteiger partial charge in [0.2, 0.25) is 0 Å². The topological polar surface area (TPSA) is 20.2 Å². The lowest BCUT2D eigenvalue weighted by molar-refractivity contribution is 0.413. The summed E-state index contributed by atoms with van der Waals surface area (Å²) in [6, 6.07) is 0. The molecule has 56 valence electrons. The SMILES string of the molecule is CCCC1C=C(O)C=CC1. The highest BCUT2D eigenvalue weighted by molar-refractivity contribution is 5.16. The Bertz CT molecular complexity index is 156. The van der Waals surface area contributed by atoms with Gasteiger partial charge in [-0.25, -0.2) is 0 Å². The van der Waals surface area contributed by atoms with Crippen molar-refractivity contribution in [1.82, 2.24) is 0 Å². The molecule has 0 spiro atoms. The molecule has 1 aliphatic rings. The van der Waals surface area contributed by atoms with Crippen molar-refractivity contribution in [3.63, 3.8) is 0 Å². The molecule has 0 fully saturated rings. The van der Waals surface area contributed by atoms with Crippen molar-refractivity contribution in [3.05, 3.63) is 24.0 Å². The second-order valence-corrected chi connectivity index (χ2v) is 2.78. The van der Waals surface area contributed by atoms with Crippen molar-refractivity contribution >= 4 is 0 Å². The van der Waals surface area contributed by atoms with Gasteiger partial charge in [-0.2, -0.15) is 0 Å². The van der Waals surface area contributed by atoms with Gasteiger partial charge in [-0.05, 0) is 30.9 Å². The fourth-order valence-electron chi connectivity index (χ4n) is 1.30. The molecule has 0 saturated heterocycles. The standard InChI is InChI=1S/C9H14O/c1-2-4-8-5-3-6-9(10)7-8/h3,6-8,10H,2,4-5H2,1H3. The number of hydrogen-bond acceptors (Lipinski definition) is 1. The van der Waals surface area contributed by atoms with Gasteiger partial charge in [0.25, 0.3) is 0 Å². The summed E-state index contributed by atoms with van der Waals surface area (Å²) in [7, 11) is 0. The van der Waals surface area contributed by atoms with Crippen LogP contribution in [0.15, 0.2) is 24.0 Å². The molecule has 1 nitrogen and oxygen atoms in total. The molecule has 1 rings (SSSR count). The summed E-state index contributed by atoms with van der Waals surface area (Å²) < 4.78 is 0. The summed E-state index contributed by atoms with van der Waals surface area (Å²) in [5.41, 5.74) is 0. The predicted octanol–water partition coefficient (Wildman–Crippen LogP) is 2.80. The van der Waals surface area contributed by atoms with Crippen LogP contribution in [-0.4, -0.2) is 5.11 Å². The Morgan fingerprint density at radius 3 is 3.10 bits per heavy atom. The van der Waals surface area contributed by atoms with E-state index in [1.54, 1.807) is 6.08 Å². The molecule has 1 atom stereocenters. The van der Waals surface area contributed by atoms with Crippen molar-refractivity contribution in [2.75, 3.05) is 0 Å². The molecule has 0 bridgehead atoms. The first-order chi connectivity index (χ1) is 4.83. The van der Waals surface area contributed by atoms with Gasteiger partial charge >= 0.3 is 0 Å². The number of rotatable bonds is 2. The Kier molecular flexibility index (Phi) is 2.55. The molecular formula is C9H14O. The normalized spacial score (nSPS) is 24.5. The zero-order valence-electron chi connectivity index (χ0n) is 6.38. The van der Waals surface area contributed by atoms with Gasteiger partial charge in [0.1, 0.15) is 5.76 Å². The third-order valence-corrected chi connectivity index (χ3v) is 1.79. The molecule has 1 aliphatic carbocycles. The number of aliphatic hydroxyl groups is 1. The van der Waals surface area contributed by atoms with Crippen LogP contribution in [0.5, 0.6) is 0 Å². The average Bonchev–Trinajstić information content (AvgIpc) is 1.88. The molecule has 1 heteroatoms. The van der Waals surface area contributed by atoms with Gasteiger partial charge in [0.15, 0.2) is 0 Å². The molecule has 10 heavy (non-hydrogen) atoms. The average molecular weight is 138 g/mol. The third kappa shape index (κ3) is 1.90. The Hall–Kier alpha value is -0.720. The van der Waals surface area contributed by atoms with E-state index in [4.69, 9.17) is 5.11 Å². The van der Waals surface area contributed by atoms with Crippen LogP contribution >= 0.6 is 0 Å². The van der Waals surface area contributed by atoms with Gasteiger partial charge in [0, 0.05) is 0 Å². The van der Waals surface area contributed by atoms with E-state index in [1.807, 2.05) is 12.2 Å². The van der Waals surface area contributed by atoms with Crippen molar-refractivity contribution in [2.24, 2.45) is 5.92 Å². The molecule has 0 aliphatic heterocycles. The lowest BCUT2D eigenvalue weighted by Crippen LogP contribution is -1.99. The number of allylic oxidation sites excluding steroid dienone is 3. The van der Waals surface area contributed by atoms with Crippen LogP contribution in [-0.2, 0) is 0 Å². The molecular weight excluding hydrogens is 124 g/mol. The molecule has 1 N–H and O–H groups in total. The highest BCUT2D eigenvalue weighted by Gasteiger charge is 2.06. The first kappa shape index (κ1) is 7.39. The van der Waals surface area contributed by atoms with Crippen LogP contribution in [0, 0.1) is 5.92 Å². The van der Waals surface area contributed by atoms with Gasteiger partial charge in [-0.1, -0.05) is 19.4 Å². The summed E-state index contributed by atoms with van der Waals surface area (Å²) in [5, 5.41) is 9.08. The largest absolute Gasteiger partial charge is 0.508 e. The van der Waals surface area contributed by atoms with E-state index >= 15 is 0 Å². The molecule has 0 radical (unpaired) electrons.